The summed E-state index contributed by atoms with van der Waals surface area (Å²) < 4.78 is 40.7. The van der Waals surface area contributed by atoms with Crippen molar-refractivity contribution in [2.24, 2.45) is 5.73 Å². The summed E-state index contributed by atoms with van der Waals surface area (Å²) in [7, 11) is -3.76. The fourth-order valence-electron chi connectivity index (χ4n) is 2.24. The van der Waals surface area contributed by atoms with Gasteiger partial charge in [-0.1, -0.05) is 12.1 Å². The van der Waals surface area contributed by atoms with Gasteiger partial charge in [0.1, 0.15) is 5.82 Å². The van der Waals surface area contributed by atoms with Gasteiger partial charge >= 0.3 is 0 Å². The number of nitrogens with one attached hydrogen (secondary N) is 1. The number of sulfonamides is 1. The second-order valence-electron chi connectivity index (χ2n) is 4.88. The molecule has 0 aromatic heterocycles. The Hall–Kier alpha value is -1.92. The zero-order valence-corrected chi connectivity index (χ0v) is 12.7. The molecule has 6 heteroatoms. The fraction of sp³-hybridized carbons (Fsp3) is 0.200. The molecule has 0 aliphatic carbocycles. The van der Waals surface area contributed by atoms with Crippen LogP contribution < -0.4 is 10.5 Å². The van der Waals surface area contributed by atoms with E-state index in [4.69, 9.17) is 5.73 Å². The van der Waals surface area contributed by atoms with Crippen molar-refractivity contribution in [2.45, 2.75) is 25.3 Å². The van der Waals surface area contributed by atoms with Crippen LogP contribution >= 0.6 is 0 Å². The summed E-state index contributed by atoms with van der Waals surface area (Å²) in [6, 6.07) is 9.21. The van der Waals surface area contributed by atoms with Crippen LogP contribution in [0.1, 0.15) is 16.7 Å². The molecule has 0 saturated heterocycles. The first kappa shape index (κ1) is 15.5. The molecule has 0 amide bonds. The summed E-state index contributed by atoms with van der Waals surface area (Å²) in [5.74, 6) is -0.448. The highest BCUT2D eigenvalue weighted by atomic mass is 32.2. The quantitative estimate of drug-likeness (QED) is 0.912. The maximum absolute atomic E-state index is 13.3. The highest BCUT2D eigenvalue weighted by molar-refractivity contribution is 7.92. The Morgan fingerprint density at radius 1 is 1.10 bits per heavy atom. The van der Waals surface area contributed by atoms with E-state index in [1.165, 1.54) is 12.1 Å². The van der Waals surface area contributed by atoms with E-state index in [1.807, 2.05) is 0 Å². The van der Waals surface area contributed by atoms with Gasteiger partial charge in [0.25, 0.3) is 10.0 Å². The molecule has 0 heterocycles. The van der Waals surface area contributed by atoms with E-state index in [-0.39, 0.29) is 4.90 Å². The van der Waals surface area contributed by atoms with E-state index in [0.717, 1.165) is 5.56 Å². The second-order valence-corrected chi connectivity index (χ2v) is 6.49. The number of hydrogen-bond donors (Lipinski definition) is 2. The number of halogens is 1. The van der Waals surface area contributed by atoms with Gasteiger partial charge in [-0.15, -0.1) is 0 Å². The lowest BCUT2D eigenvalue weighted by Crippen LogP contribution is -2.16. The van der Waals surface area contributed by atoms with Crippen LogP contribution in [-0.4, -0.2) is 8.42 Å². The standard InChI is InChI=1S/C15H17FN2O2S/c1-10-7-13(16)8-11(2)15(10)21(19,20)18-14-5-3-12(9-17)4-6-14/h3-8,18H,9,17H2,1-2H3. The average Bonchev–Trinajstić information content (AvgIpc) is 2.37. The molecule has 0 atom stereocenters. The minimum atomic E-state index is -3.76. The molecule has 0 unspecified atom stereocenters. The van der Waals surface area contributed by atoms with Crippen LogP contribution in [0, 0.1) is 19.7 Å². The van der Waals surface area contributed by atoms with Gasteiger partial charge in [-0.3, -0.25) is 4.72 Å². The van der Waals surface area contributed by atoms with Gasteiger partial charge in [-0.2, -0.15) is 0 Å². The van der Waals surface area contributed by atoms with Crippen LogP contribution in [0.25, 0.3) is 0 Å². The molecule has 0 bridgehead atoms. The van der Waals surface area contributed by atoms with Crippen LogP contribution in [0.2, 0.25) is 0 Å². The molecule has 0 radical (unpaired) electrons. The van der Waals surface area contributed by atoms with Crippen molar-refractivity contribution in [3.05, 3.63) is 58.9 Å². The minimum absolute atomic E-state index is 0.104. The van der Waals surface area contributed by atoms with Crippen molar-refractivity contribution in [1.82, 2.24) is 0 Å². The third kappa shape index (κ3) is 3.40. The third-order valence-electron chi connectivity index (χ3n) is 3.14. The van der Waals surface area contributed by atoms with E-state index < -0.39 is 15.8 Å². The van der Waals surface area contributed by atoms with Crippen LogP contribution in [0.4, 0.5) is 10.1 Å². The number of benzene rings is 2. The lowest BCUT2D eigenvalue weighted by atomic mass is 10.1. The monoisotopic (exact) mass is 308 g/mol. The zero-order chi connectivity index (χ0) is 15.6. The Labute approximate surface area is 123 Å². The molecule has 0 aliphatic rings. The largest absolute Gasteiger partial charge is 0.326 e. The van der Waals surface area contributed by atoms with E-state index in [9.17, 15) is 12.8 Å². The summed E-state index contributed by atoms with van der Waals surface area (Å²) in [6.07, 6.45) is 0. The summed E-state index contributed by atoms with van der Waals surface area (Å²) >= 11 is 0. The maximum atomic E-state index is 13.3. The van der Waals surface area contributed by atoms with Gasteiger partial charge in [-0.25, -0.2) is 12.8 Å². The minimum Gasteiger partial charge on any atom is -0.326 e. The molecule has 0 fully saturated rings. The summed E-state index contributed by atoms with van der Waals surface area (Å²) in [5, 5.41) is 0. The smallest absolute Gasteiger partial charge is 0.262 e. The summed E-state index contributed by atoms with van der Waals surface area (Å²) in [4.78, 5) is 0.104. The van der Waals surface area contributed by atoms with Gasteiger partial charge in [0, 0.05) is 12.2 Å². The molecule has 21 heavy (non-hydrogen) atoms. The van der Waals surface area contributed by atoms with Crippen molar-refractivity contribution >= 4 is 15.7 Å². The van der Waals surface area contributed by atoms with Crippen molar-refractivity contribution in [3.8, 4) is 0 Å². The predicted octanol–water partition coefficient (Wildman–Crippen LogP) is 2.70. The SMILES string of the molecule is Cc1cc(F)cc(C)c1S(=O)(=O)Nc1ccc(CN)cc1. The Kier molecular flexibility index (Phi) is 4.29. The first-order valence-corrected chi connectivity index (χ1v) is 7.90. The topological polar surface area (TPSA) is 72.2 Å². The molecular weight excluding hydrogens is 291 g/mol. The molecule has 112 valence electrons. The molecule has 2 rings (SSSR count). The Bertz CT molecular complexity index is 733. The Balaban J connectivity index is 2.38. The Morgan fingerprint density at radius 2 is 1.62 bits per heavy atom. The number of aryl methyl sites for hydroxylation is 2. The van der Waals surface area contributed by atoms with Crippen LogP contribution in [0.3, 0.4) is 0 Å². The summed E-state index contributed by atoms with van der Waals surface area (Å²) in [6.45, 7) is 3.54. The van der Waals surface area contributed by atoms with Crippen LogP contribution in [-0.2, 0) is 16.6 Å². The zero-order valence-electron chi connectivity index (χ0n) is 11.9. The lowest BCUT2D eigenvalue weighted by Gasteiger charge is -2.13. The fourth-order valence-corrected chi connectivity index (χ4v) is 3.75. The van der Waals surface area contributed by atoms with E-state index in [0.29, 0.717) is 23.4 Å². The molecule has 2 aromatic rings. The molecule has 4 nitrogen and oxygen atoms in total. The molecular formula is C15H17FN2O2S. The average molecular weight is 308 g/mol. The van der Waals surface area contributed by atoms with Crippen molar-refractivity contribution in [1.29, 1.82) is 0 Å². The predicted molar refractivity (Wildman–Crippen MR) is 81.0 cm³/mol. The van der Waals surface area contributed by atoms with Gasteiger partial charge in [-0.05, 0) is 54.8 Å². The molecule has 0 aliphatic heterocycles. The van der Waals surface area contributed by atoms with Crippen molar-refractivity contribution in [3.63, 3.8) is 0 Å². The Morgan fingerprint density at radius 3 is 2.10 bits per heavy atom. The first-order chi connectivity index (χ1) is 9.83. The van der Waals surface area contributed by atoms with Gasteiger partial charge in [0.2, 0.25) is 0 Å². The highest BCUT2D eigenvalue weighted by Gasteiger charge is 2.20. The van der Waals surface area contributed by atoms with E-state index >= 15 is 0 Å². The number of hydrogen-bond acceptors (Lipinski definition) is 3. The molecule has 0 spiro atoms. The lowest BCUT2D eigenvalue weighted by molar-refractivity contribution is 0.597. The van der Waals surface area contributed by atoms with Gasteiger partial charge in [0.15, 0.2) is 0 Å². The highest BCUT2D eigenvalue weighted by Crippen LogP contribution is 2.24. The van der Waals surface area contributed by atoms with Gasteiger partial charge in [0.05, 0.1) is 4.90 Å². The molecule has 2 aromatic carbocycles. The number of anilines is 1. The van der Waals surface area contributed by atoms with Gasteiger partial charge < -0.3 is 5.73 Å². The van der Waals surface area contributed by atoms with Crippen LogP contribution in [0.5, 0.6) is 0 Å². The number of rotatable bonds is 4. The normalized spacial score (nSPS) is 11.4. The van der Waals surface area contributed by atoms with Crippen molar-refractivity contribution < 1.29 is 12.8 Å². The maximum Gasteiger partial charge on any atom is 0.262 e. The third-order valence-corrected chi connectivity index (χ3v) is 4.82. The molecule has 3 N–H and O–H groups in total. The van der Waals surface area contributed by atoms with Crippen molar-refractivity contribution in [2.75, 3.05) is 4.72 Å². The van der Waals surface area contributed by atoms with Crippen LogP contribution in [0.15, 0.2) is 41.3 Å². The first-order valence-electron chi connectivity index (χ1n) is 6.42. The van der Waals surface area contributed by atoms with E-state index in [1.54, 1.807) is 38.1 Å². The summed E-state index contributed by atoms with van der Waals surface area (Å²) in [5.41, 5.74) is 7.59. The number of nitrogens with two attached hydrogens (primary N) is 1. The van der Waals surface area contributed by atoms with E-state index in [2.05, 4.69) is 4.72 Å². The molecule has 0 saturated carbocycles. The second kappa shape index (κ2) is 5.83.